The van der Waals surface area contributed by atoms with Gasteiger partial charge in [-0.15, -0.1) is 0 Å². The first-order chi connectivity index (χ1) is 3.45. The molecule has 0 aromatic rings. The molecule has 0 aliphatic carbocycles. The Labute approximate surface area is 47.9 Å². The second-order valence-electron chi connectivity index (χ2n) is 2.33. The van der Waals surface area contributed by atoms with Crippen LogP contribution in [0.15, 0.2) is 0 Å². The molecule has 3 aliphatic heterocycles. The molecule has 3 rings (SSSR count). The summed E-state index contributed by atoms with van der Waals surface area (Å²) in [5.41, 5.74) is 0. The summed E-state index contributed by atoms with van der Waals surface area (Å²) >= 11 is 2.09. The maximum atomic E-state index is 3.46. The van der Waals surface area contributed by atoms with Crippen molar-refractivity contribution in [3.05, 3.63) is 0 Å². The molecule has 3 heterocycles. The van der Waals surface area contributed by atoms with Gasteiger partial charge in [-0.3, -0.25) is 0 Å². The predicted octanol–water partition coefficient (Wildman–Crippen LogP) is 0.464. The van der Waals surface area contributed by atoms with Crippen molar-refractivity contribution < 1.29 is 0 Å². The number of thioether (sulfide) groups is 1. The molecule has 40 valence electrons. The largest absolute Gasteiger partial charge is 0.309 e. The fraction of sp³-hybridized carbons (Fsp3) is 1.00. The zero-order valence-electron chi connectivity index (χ0n) is 4.18. The Balaban J connectivity index is 1.99. The average molecular weight is 115 g/mol. The molecule has 1 nitrogen and oxygen atoms in total. The molecule has 0 saturated carbocycles. The Morgan fingerprint density at radius 3 is 2.00 bits per heavy atom. The van der Waals surface area contributed by atoms with Gasteiger partial charge in [0.25, 0.3) is 0 Å². The summed E-state index contributed by atoms with van der Waals surface area (Å²) in [6.07, 6.45) is 1.45. The molecule has 3 saturated heterocycles. The number of rotatable bonds is 0. The molecule has 1 N–H and O–H groups in total. The topological polar surface area (TPSA) is 12.0 Å². The lowest BCUT2D eigenvalue weighted by atomic mass is 10.00. The van der Waals surface area contributed by atoms with Crippen LogP contribution in [0.3, 0.4) is 0 Å². The minimum atomic E-state index is 0.892. The Hall–Kier alpha value is 0.310. The van der Waals surface area contributed by atoms with Gasteiger partial charge in [-0.25, -0.2) is 0 Å². The van der Waals surface area contributed by atoms with E-state index >= 15 is 0 Å². The molecule has 0 aromatic heterocycles. The van der Waals surface area contributed by atoms with Crippen LogP contribution in [0.4, 0.5) is 0 Å². The monoisotopic (exact) mass is 115 g/mol. The van der Waals surface area contributed by atoms with E-state index < -0.39 is 0 Å². The van der Waals surface area contributed by atoms with E-state index in [2.05, 4.69) is 17.1 Å². The van der Waals surface area contributed by atoms with E-state index in [0.717, 1.165) is 12.1 Å². The Kier molecular flexibility index (Phi) is 0.837. The quantitative estimate of drug-likeness (QED) is 0.492. The van der Waals surface area contributed by atoms with Crippen molar-refractivity contribution in [2.45, 2.75) is 18.5 Å². The molecule has 2 atom stereocenters. The Morgan fingerprint density at radius 1 is 1.29 bits per heavy atom. The molecule has 0 radical (unpaired) electrons. The molecule has 0 spiro atoms. The molecular weight excluding hydrogens is 106 g/mol. The lowest BCUT2D eigenvalue weighted by molar-refractivity contribution is 0.300. The number of hydrogen-bond donors (Lipinski definition) is 1. The number of hydrogen-bond acceptors (Lipinski definition) is 2. The van der Waals surface area contributed by atoms with Gasteiger partial charge >= 0.3 is 0 Å². The Bertz CT molecular complexity index is 64.6. The van der Waals surface area contributed by atoms with Crippen LogP contribution in [0.2, 0.25) is 0 Å². The first-order valence-corrected chi connectivity index (χ1v) is 3.94. The maximum Gasteiger partial charge on any atom is 0.0176 e. The summed E-state index contributed by atoms with van der Waals surface area (Å²) in [6.45, 7) is 0. The summed E-state index contributed by atoms with van der Waals surface area (Å²) in [6, 6.07) is 1.78. The van der Waals surface area contributed by atoms with E-state index in [1.54, 1.807) is 0 Å². The van der Waals surface area contributed by atoms with Crippen LogP contribution in [0.5, 0.6) is 0 Å². The third-order valence-electron chi connectivity index (χ3n) is 1.68. The number of fused-ring (bicyclic) bond motifs is 2. The maximum absolute atomic E-state index is 3.46. The van der Waals surface area contributed by atoms with Gasteiger partial charge in [0.2, 0.25) is 0 Å². The number of nitrogens with one attached hydrogen (secondary N) is 1. The van der Waals surface area contributed by atoms with Gasteiger partial charge in [0, 0.05) is 23.6 Å². The molecule has 3 aliphatic rings. The van der Waals surface area contributed by atoms with Crippen LogP contribution < -0.4 is 5.32 Å². The molecule has 0 unspecified atom stereocenters. The lowest BCUT2D eigenvalue weighted by Crippen LogP contribution is -2.58. The van der Waals surface area contributed by atoms with Gasteiger partial charge < -0.3 is 5.32 Å². The summed E-state index contributed by atoms with van der Waals surface area (Å²) < 4.78 is 0. The van der Waals surface area contributed by atoms with Crippen molar-refractivity contribution in [3.63, 3.8) is 0 Å². The zero-order chi connectivity index (χ0) is 4.69. The summed E-state index contributed by atoms with van der Waals surface area (Å²) in [4.78, 5) is 0. The van der Waals surface area contributed by atoms with Crippen molar-refractivity contribution in [1.29, 1.82) is 0 Å². The molecule has 3 fully saturated rings. The second-order valence-corrected chi connectivity index (χ2v) is 3.41. The first kappa shape index (κ1) is 4.21. The third-order valence-corrected chi connectivity index (χ3v) is 2.95. The van der Waals surface area contributed by atoms with Crippen LogP contribution >= 0.6 is 11.8 Å². The predicted molar refractivity (Wildman–Crippen MR) is 32.7 cm³/mol. The summed E-state index contributed by atoms with van der Waals surface area (Å²) in [5.74, 6) is 2.72. The second kappa shape index (κ2) is 1.39. The van der Waals surface area contributed by atoms with Crippen molar-refractivity contribution in [2.75, 3.05) is 11.5 Å². The van der Waals surface area contributed by atoms with E-state index in [0.29, 0.717) is 0 Å². The SMILES string of the molecule is C1SC[C@H]2C[C@H]1N2. The van der Waals surface area contributed by atoms with Gasteiger partial charge in [-0.1, -0.05) is 0 Å². The van der Waals surface area contributed by atoms with Gasteiger partial charge in [0.15, 0.2) is 0 Å². The van der Waals surface area contributed by atoms with Gasteiger partial charge in [-0.05, 0) is 6.42 Å². The smallest absolute Gasteiger partial charge is 0.0176 e. The van der Waals surface area contributed by atoms with Crippen LogP contribution in [0, 0.1) is 0 Å². The van der Waals surface area contributed by atoms with E-state index in [9.17, 15) is 0 Å². The van der Waals surface area contributed by atoms with Crippen LogP contribution in [0.1, 0.15) is 6.42 Å². The van der Waals surface area contributed by atoms with Crippen LogP contribution in [0.25, 0.3) is 0 Å². The minimum absolute atomic E-state index is 0.892. The standard InChI is InChI=1S/C5H9NS/c1-4-2-7-3-5(1)6-4/h4-6H,1-3H2/t4-,5-/m1/s1. The fourth-order valence-electron chi connectivity index (χ4n) is 1.24. The lowest BCUT2D eigenvalue weighted by Gasteiger charge is -2.41. The highest BCUT2D eigenvalue weighted by Gasteiger charge is 2.31. The van der Waals surface area contributed by atoms with Gasteiger partial charge in [0.1, 0.15) is 0 Å². The fourth-order valence-corrected chi connectivity index (χ4v) is 2.41. The van der Waals surface area contributed by atoms with Crippen molar-refractivity contribution in [1.82, 2.24) is 5.32 Å². The van der Waals surface area contributed by atoms with E-state index in [-0.39, 0.29) is 0 Å². The van der Waals surface area contributed by atoms with E-state index in [1.807, 2.05) is 0 Å². The molecule has 7 heavy (non-hydrogen) atoms. The van der Waals surface area contributed by atoms with Crippen LogP contribution in [-0.4, -0.2) is 23.6 Å². The zero-order valence-corrected chi connectivity index (χ0v) is 5.00. The molecular formula is C5H9NS. The third kappa shape index (κ3) is 0.572. The summed E-state index contributed by atoms with van der Waals surface area (Å²) in [5, 5.41) is 3.46. The highest BCUT2D eigenvalue weighted by Crippen LogP contribution is 2.25. The van der Waals surface area contributed by atoms with Crippen LogP contribution in [-0.2, 0) is 0 Å². The normalized spacial score (nSPS) is 48.0. The molecule has 2 bridgehead atoms. The van der Waals surface area contributed by atoms with Crippen molar-refractivity contribution in [3.8, 4) is 0 Å². The minimum Gasteiger partial charge on any atom is -0.309 e. The first-order valence-electron chi connectivity index (χ1n) is 2.79. The highest BCUT2D eigenvalue weighted by molar-refractivity contribution is 7.99. The molecule has 0 amide bonds. The van der Waals surface area contributed by atoms with Gasteiger partial charge in [-0.2, -0.15) is 11.8 Å². The van der Waals surface area contributed by atoms with E-state index in [1.165, 1.54) is 17.9 Å². The Morgan fingerprint density at radius 2 is 1.86 bits per heavy atom. The van der Waals surface area contributed by atoms with Gasteiger partial charge in [0.05, 0.1) is 0 Å². The average Bonchev–Trinajstić information content (AvgIpc) is 1.67. The van der Waals surface area contributed by atoms with Crippen molar-refractivity contribution >= 4 is 11.8 Å². The molecule has 2 heteroatoms. The molecule has 0 aromatic carbocycles. The van der Waals surface area contributed by atoms with Crippen molar-refractivity contribution in [2.24, 2.45) is 0 Å². The highest BCUT2D eigenvalue weighted by atomic mass is 32.2. The van der Waals surface area contributed by atoms with E-state index in [4.69, 9.17) is 0 Å². The summed E-state index contributed by atoms with van der Waals surface area (Å²) in [7, 11) is 0.